The van der Waals surface area contributed by atoms with Crippen molar-refractivity contribution in [2.45, 2.75) is 37.7 Å². The number of aliphatic hydroxyl groups excluding tert-OH is 1. The number of rotatable bonds is 4. The Kier molecular flexibility index (Phi) is 4.42. The standard InChI is InChI=1S/C25H25FN4O/c26-20-5-6-21(24-19(20)2-1-10-28-24)29-11-7-17(8-12-29)25(31)23-18(16-3-4-16)9-13-30-15-27-14-22(23)30/h1-2,5-6,9-10,13-17,25,31H,3-4,7-8,11-12H2. The van der Waals surface area contributed by atoms with Crippen molar-refractivity contribution in [1.29, 1.82) is 0 Å². The number of piperidine rings is 1. The van der Waals surface area contributed by atoms with Gasteiger partial charge in [0.25, 0.3) is 0 Å². The van der Waals surface area contributed by atoms with Crippen molar-refractivity contribution in [3.63, 3.8) is 0 Å². The Bertz CT molecular complexity index is 1260. The van der Waals surface area contributed by atoms with Crippen molar-refractivity contribution < 1.29 is 9.50 Å². The van der Waals surface area contributed by atoms with Gasteiger partial charge in [0.05, 0.1) is 35.3 Å². The van der Waals surface area contributed by atoms with Gasteiger partial charge in [-0.3, -0.25) is 4.98 Å². The second-order valence-electron chi connectivity index (χ2n) is 8.88. The quantitative estimate of drug-likeness (QED) is 0.517. The van der Waals surface area contributed by atoms with Gasteiger partial charge >= 0.3 is 0 Å². The van der Waals surface area contributed by atoms with Crippen molar-refractivity contribution in [3.8, 4) is 0 Å². The minimum Gasteiger partial charge on any atom is -0.388 e. The summed E-state index contributed by atoms with van der Waals surface area (Å²) >= 11 is 0. The van der Waals surface area contributed by atoms with Crippen LogP contribution in [0.25, 0.3) is 16.4 Å². The van der Waals surface area contributed by atoms with Gasteiger partial charge < -0.3 is 14.4 Å². The maximum atomic E-state index is 14.2. The molecule has 0 radical (unpaired) electrons. The van der Waals surface area contributed by atoms with Gasteiger partial charge in [-0.05, 0) is 73.4 Å². The van der Waals surface area contributed by atoms with Gasteiger partial charge in [0, 0.05) is 36.4 Å². The summed E-state index contributed by atoms with van der Waals surface area (Å²) in [7, 11) is 0. The average molecular weight is 417 g/mol. The smallest absolute Gasteiger partial charge is 0.132 e. The maximum absolute atomic E-state index is 14.2. The van der Waals surface area contributed by atoms with Gasteiger partial charge in [0.15, 0.2) is 0 Å². The summed E-state index contributed by atoms with van der Waals surface area (Å²) in [6, 6.07) is 9.08. The summed E-state index contributed by atoms with van der Waals surface area (Å²) in [5, 5.41) is 12.0. The molecule has 4 aromatic rings. The molecule has 6 heteroatoms. The number of halogens is 1. The number of imidazole rings is 1. The van der Waals surface area contributed by atoms with Crippen LogP contribution in [0.4, 0.5) is 10.1 Å². The zero-order valence-electron chi connectivity index (χ0n) is 17.3. The number of aromatic nitrogens is 3. The number of pyridine rings is 2. The highest BCUT2D eigenvalue weighted by Crippen LogP contribution is 2.46. The molecule has 4 heterocycles. The van der Waals surface area contributed by atoms with Crippen LogP contribution in [0.15, 0.2) is 55.2 Å². The van der Waals surface area contributed by atoms with Crippen LogP contribution in [0.2, 0.25) is 0 Å². The fraction of sp³-hybridized carbons (Fsp3) is 0.360. The highest BCUT2D eigenvalue weighted by Gasteiger charge is 2.34. The summed E-state index contributed by atoms with van der Waals surface area (Å²) < 4.78 is 16.2. The lowest BCUT2D eigenvalue weighted by atomic mass is 9.84. The SMILES string of the molecule is OC(c1c(C2CC2)ccn2cncc12)C1CCN(c2ccc(F)c3cccnc23)CC1. The van der Waals surface area contributed by atoms with Crippen molar-refractivity contribution in [2.24, 2.45) is 5.92 Å². The molecule has 1 aromatic carbocycles. The lowest BCUT2D eigenvalue weighted by Crippen LogP contribution is -2.36. The molecule has 1 N–H and O–H groups in total. The normalized spacial score (nSPS) is 18.7. The molecule has 1 aliphatic heterocycles. The van der Waals surface area contributed by atoms with Crippen LogP contribution >= 0.6 is 0 Å². The van der Waals surface area contributed by atoms with E-state index in [0.29, 0.717) is 16.8 Å². The molecule has 0 bridgehead atoms. The van der Waals surface area contributed by atoms with E-state index >= 15 is 0 Å². The Hall–Kier alpha value is -2.99. The van der Waals surface area contributed by atoms with Crippen molar-refractivity contribution in [1.82, 2.24) is 14.4 Å². The molecule has 6 rings (SSSR count). The maximum Gasteiger partial charge on any atom is 0.132 e. The molecular weight excluding hydrogens is 391 g/mol. The topological polar surface area (TPSA) is 53.7 Å². The third-order valence-electron chi connectivity index (χ3n) is 7.00. The van der Waals surface area contributed by atoms with Crippen molar-refractivity contribution in [3.05, 3.63) is 72.2 Å². The first kappa shape index (κ1) is 18.8. The fourth-order valence-electron chi connectivity index (χ4n) is 5.17. The van der Waals surface area contributed by atoms with Gasteiger partial charge in [-0.1, -0.05) is 0 Å². The first-order chi connectivity index (χ1) is 15.2. The fourth-order valence-corrected chi connectivity index (χ4v) is 5.17. The number of nitrogens with zero attached hydrogens (tertiary/aromatic N) is 4. The van der Waals surface area contributed by atoms with E-state index in [4.69, 9.17) is 0 Å². The van der Waals surface area contributed by atoms with E-state index in [2.05, 4.69) is 27.1 Å². The monoisotopic (exact) mass is 416 g/mol. The minimum atomic E-state index is -0.499. The number of aliphatic hydroxyl groups is 1. The van der Waals surface area contributed by atoms with E-state index < -0.39 is 6.10 Å². The van der Waals surface area contributed by atoms with Crippen LogP contribution in [-0.4, -0.2) is 32.6 Å². The molecule has 2 fully saturated rings. The number of anilines is 1. The first-order valence-electron chi connectivity index (χ1n) is 11.1. The van der Waals surface area contributed by atoms with E-state index in [1.54, 1.807) is 24.7 Å². The number of fused-ring (bicyclic) bond motifs is 2. The van der Waals surface area contributed by atoms with Crippen LogP contribution < -0.4 is 4.90 Å². The Morgan fingerprint density at radius 3 is 2.71 bits per heavy atom. The van der Waals surface area contributed by atoms with Gasteiger partial charge in [-0.2, -0.15) is 0 Å². The summed E-state index contributed by atoms with van der Waals surface area (Å²) in [5.74, 6) is 0.523. The van der Waals surface area contributed by atoms with E-state index in [0.717, 1.165) is 42.7 Å². The van der Waals surface area contributed by atoms with E-state index in [-0.39, 0.29) is 11.7 Å². The predicted octanol–water partition coefficient (Wildman–Crippen LogP) is 4.85. The van der Waals surface area contributed by atoms with Crippen LogP contribution in [-0.2, 0) is 0 Å². The first-order valence-corrected chi connectivity index (χ1v) is 11.1. The Morgan fingerprint density at radius 2 is 1.90 bits per heavy atom. The van der Waals surface area contributed by atoms with Gasteiger partial charge in [-0.25, -0.2) is 9.37 Å². The molecule has 1 atom stereocenters. The number of hydrogen-bond donors (Lipinski definition) is 1. The summed E-state index contributed by atoms with van der Waals surface area (Å²) in [5.41, 5.74) is 5.06. The third kappa shape index (κ3) is 3.17. The van der Waals surface area contributed by atoms with Crippen molar-refractivity contribution >= 4 is 22.1 Å². The number of benzene rings is 1. The van der Waals surface area contributed by atoms with Crippen LogP contribution in [0.1, 0.15) is 48.8 Å². The summed E-state index contributed by atoms with van der Waals surface area (Å²) in [4.78, 5) is 11.0. The Balaban J connectivity index is 1.27. The third-order valence-corrected chi connectivity index (χ3v) is 7.00. The van der Waals surface area contributed by atoms with E-state index in [1.165, 1.54) is 24.5 Å². The molecule has 1 aliphatic carbocycles. The molecular formula is C25H25FN4O. The number of hydrogen-bond acceptors (Lipinski definition) is 4. The molecule has 31 heavy (non-hydrogen) atoms. The molecule has 1 unspecified atom stereocenters. The van der Waals surface area contributed by atoms with Gasteiger partial charge in [0.2, 0.25) is 0 Å². The largest absolute Gasteiger partial charge is 0.388 e. The van der Waals surface area contributed by atoms with Crippen molar-refractivity contribution in [2.75, 3.05) is 18.0 Å². The lowest BCUT2D eigenvalue weighted by Gasteiger charge is -2.36. The summed E-state index contributed by atoms with van der Waals surface area (Å²) in [6.45, 7) is 1.64. The molecule has 0 spiro atoms. The molecule has 5 nitrogen and oxygen atoms in total. The van der Waals surface area contributed by atoms with Crippen LogP contribution in [0.5, 0.6) is 0 Å². The highest BCUT2D eigenvalue weighted by molar-refractivity contribution is 5.91. The Labute approximate surface area is 180 Å². The van der Waals surface area contributed by atoms with E-state index in [1.807, 2.05) is 16.7 Å². The minimum absolute atomic E-state index is 0.189. The molecule has 1 saturated heterocycles. The molecule has 0 amide bonds. The molecule has 1 saturated carbocycles. The highest BCUT2D eigenvalue weighted by atomic mass is 19.1. The zero-order valence-corrected chi connectivity index (χ0v) is 17.3. The second kappa shape index (κ2) is 7.31. The molecule has 158 valence electrons. The zero-order chi connectivity index (χ0) is 20.9. The van der Waals surface area contributed by atoms with E-state index in [9.17, 15) is 9.50 Å². The lowest BCUT2D eigenvalue weighted by molar-refractivity contribution is 0.0931. The van der Waals surface area contributed by atoms with Crippen LogP contribution in [0.3, 0.4) is 0 Å². The Morgan fingerprint density at radius 1 is 1.06 bits per heavy atom. The predicted molar refractivity (Wildman–Crippen MR) is 119 cm³/mol. The molecule has 2 aliphatic rings. The molecule has 3 aromatic heterocycles. The second-order valence-corrected chi connectivity index (χ2v) is 8.88. The summed E-state index contributed by atoms with van der Waals surface area (Å²) in [6.07, 6.45) is 11.1. The average Bonchev–Trinajstić information content (AvgIpc) is 3.55. The van der Waals surface area contributed by atoms with Gasteiger partial charge in [-0.15, -0.1) is 0 Å². The van der Waals surface area contributed by atoms with Gasteiger partial charge in [0.1, 0.15) is 5.82 Å². The van der Waals surface area contributed by atoms with Crippen LogP contribution in [0, 0.1) is 11.7 Å².